The highest BCUT2D eigenvalue weighted by Gasteiger charge is 2.11. The quantitative estimate of drug-likeness (QED) is 0.388. The van der Waals surface area contributed by atoms with Crippen molar-refractivity contribution in [1.82, 2.24) is 9.97 Å². The molecule has 4 nitrogen and oxygen atoms in total. The lowest BCUT2D eigenvalue weighted by Gasteiger charge is -2.13. The number of benzene rings is 2. The van der Waals surface area contributed by atoms with Gasteiger partial charge in [-0.3, -0.25) is 4.98 Å². The van der Waals surface area contributed by atoms with E-state index in [9.17, 15) is 8.78 Å². The van der Waals surface area contributed by atoms with E-state index in [1.54, 1.807) is 18.3 Å². The number of halogens is 3. The second kappa shape index (κ2) is 7.90. The fourth-order valence-corrected chi connectivity index (χ4v) is 3.21. The van der Waals surface area contributed by atoms with Crippen molar-refractivity contribution in [2.24, 2.45) is 0 Å². The normalized spacial score (nSPS) is 11.0. The van der Waals surface area contributed by atoms with Gasteiger partial charge >= 0.3 is 6.61 Å². The van der Waals surface area contributed by atoms with Crippen molar-refractivity contribution in [2.75, 3.05) is 5.32 Å². The molecule has 0 aliphatic carbocycles. The molecule has 4 rings (SSSR count). The van der Waals surface area contributed by atoms with E-state index in [2.05, 4.69) is 31.0 Å². The maximum atomic E-state index is 12.5. The number of hydrogen-bond donors (Lipinski definition) is 1. The predicted octanol–water partition coefficient (Wildman–Crippen LogP) is 6.40. The number of rotatable bonds is 5. The molecule has 0 unspecified atom stereocenters. The predicted molar refractivity (Wildman–Crippen MR) is 109 cm³/mol. The third-order valence-electron chi connectivity index (χ3n) is 4.04. The Balaban J connectivity index is 1.80. The van der Waals surface area contributed by atoms with Crippen LogP contribution in [0.1, 0.15) is 0 Å². The molecular weight excluding hydrogens is 428 g/mol. The largest absolute Gasteiger partial charge is 0.435 e. The third kappa shape index (κ3) is 4.09. The molecule has 0 amide bonds. The van der Waals surface area contributed by atoms with E-state index >= 15 is 0 Å². The van der Waals surface area contributed by atoms with E-state index in [4.69, 9.17) is 4.98 Å². The van der Waals surface area contributed by atoms with Gasteiger partial charge in [0.25, 0.3) is 0 Å². The van der Waals surface area contributed by atoms with Crippen molar-refractivity contribution in [3.05, 3.63) is 77.4 Å². The number of nitrogens with one attached hydrogen (secondary N) is 1. The highest BCUT2D eigenvalue weighted by molar-refractivity contribution is 9.10. The minimum absolute atomic E-state index is 0.0753. The highest BCUT2D eigenvalue weighted by atomic mass is 79.9. The summed E-state index contributed by atoms with van der Waals surface area (Å²) in [6.45, 7) is -2.88. The summed E-state index contributed by atoms with van der Waals surface area (Å²) in [6.07, 6.45) is 1.71. The van der Waals surface area contributed by atoms with Crippen LogP contribution in [-0.4, -0.2) is 16.6 Å². The first-order chi connectivity index (χ1) is 13.6. The summed E-state index contributed by atoms with van der Waals surface area (Å²) in [5.41, 5.74) is 2.04. The average Bonchev–Trinajstić information content (AvgIpc) is 2.69. The van der Waals surface area contributed by atoms with Crippen molar-refractivity contribution in [3.8, 4) is 17.1 Å². The highest BCUT2D eigenvalue weighted by Crippen LogP contribution is 2.32. The van der Waals surface area contributed by atoms with Crippen LogP contribution in [0, 0.1) is 0 Å². The second-order valence-electron chi connectivity index (χ2n) is 5.97. The van der Waals surface area contributed by atoms with Crippen molar-refractivity contribution < 1.29 is 13.5 Å². The first-order valence-corrected chi connectivity index (χ1v) is 9.21. The van der Waals surface area contributed by atoms with E-state index in [-0.39, 0.29) is 5.75 Å². The molecule has 0 aliphatic heterocycles. The molecule has 0 radical (unpaired) electrons. The molecule has 0 fully saturated rings. The fraction of sp³-hybridized carbons (Fsp3) is 0.0476. The van der Waals surface area contributed by atoms with Gasteiger partial charge in [-0.05, 0) is 47.9 Å². The van der Waals surface area contributed by atoms with Crippen LogP contribution in [0.2, 0.25) is 0 Å². The molecule has 7 heteroatoms. The molecule has 0 spiro atoms. The lowest BCUT2D eigenvalue weighted by atomic mass is 10.1. The number of aromatic nitrogens is 2. The van der Waals surface area contributed by atoms with Gasteiger partial charge in [0.2, 0.25) is 0 Å². The third-order valence-corrected chi connectivity index (χ3v) is 4.54. The zero-order valence-electron chi connectivity index (χ0n) is 14.4. The van der Waals surface area contributed by atoms with E-state index in [0.717, 1.165) is 20.9 Å². The Hall–Kier alpha value is -3.06. The Labute approximate surface area is 168 Å². The molecule has 0 bridgehead atoms. The monoisotopic (exact) mass is 441 g/mol. The Morgan fingerprint density at radius 3 is 2.61 bits per heavy atom. The maximum absolute atomic E-state index is 12.5. The molecule has 1 N–H and O–H groups in total. The van der Waals surface area contributed by atoms with Gasteiger partial charge in [0.15, 0.2) is 0 Å². The molecule has 2 heterocycles. The second-order valence-corrected chi connectivity index (χ2v) is 6.88. The molecule has 2 aromatic heterocycles. The molecule has 2 aromatic carbocycles. The summed E-state index contributed by atoms with van der Waals surface area (Å²) in [6, 6.07) is 19.8. The maximum Gasteiger partial charge on any atom is 0.387 e. The lowest BCUT2D eigenvalue weighted by Crippen LogP contribution is -2.02. The Morgan fingerprint density at radius 1 is 0.929 bits per heavy atom. The number of nitrogens with zero attached hydrogens (tertiary/aromatic N) is 2. The SMILES string of the molecule is FC(F)Oc1cccc(Nc2nc(-c3ccccn3)cc3ccc(Br)cc23)c1. The minimum atomic E-state index is -2.88. The summed E-state index contributed by atoms with van der Waals surface area (Å²) in [5.74, 6) is 0.667. The fourth-order valence-electron chi connectivity index (χ4n) is 2.85. The van der Waals surface area contributed by atoms with Crippen LogP contribution in [0.15, 0.2) is 77.4 Å². The molecule has 0 atom stereocenters. The number of fused-ring (bicyclic) bond motifs is 1. The van der Waals surface area contributed by atoms with Crippen molar-refractivity contribution >= 4 is 38.2 Å². The van der Waals surface area contributed by atoms with Gasteiger partial charge in [-0.1, -0.05) is 34.1 Å². The Morgan fingerprint density at radius 2 is 1.82 bits per heavy atom. The summed E-state index contributed by atoms with van der Waals surface area (Å²) < 4.78 is 30.4. The van der Waals surface area contributed by atoms with Gasteiger partial charge in [-0.2, -0.15) is 8.78 Å². The first-order valence-electron chi connectivity index (χ1n) is 8.42. The average molecular weight is 442 g/mol. The molecule has 0 saturated heterocycles. The number of alkyl halides is 2. The van der Waals surface area contributed by atoms with Crippen LogP contribution < -0.4 is 10.1 Å². The van der Waals surface area contributed by atoms with Crippen LogP contribution in [0.5, 0.6) is 5.75 Å². The van der Waals surface area contributed by atoms with Gasteiger partial charge in [0.05, 0.1) is 11.4 Å². The number of ether oxygens (including phenoxy) is 1. The molecular formula is C21H14BrF2N3O. The Kier molecular flexibility index (Phi) is 5.16. The standard InChI is InChI=1S/C21H14BrF2N3O/c22-14-8-7-13-10-19(18-6-1-2-9-25-18)27-20(17(13)11-14)26-15-4-3-5-16(12-15)28-21(23)24/h1-12,21H,(H,26,27). The van der Waals surface area contributed by atoms with Gasteiger partial charge in [0.1, 0.15) is 11.6 Å². The number of anilines is 2. The molecule has 0 aliphatic rings. The number of pyridine rings is 2. The topological polar surface area (TPSA) is 47.0 Å². The lowest BCUT2D eigenvalue weighted by molar-refractivity contribution is -0.0497. The van der Waals surface area contributed by atoms with Gasteiger partial charge in [0, 0.05) is 27.8 Å². The van der Waals surface area contributed by atoms with E-state index in [0.29, 0.717) is 17.2 Å². The summed E-state index contributed by atoms with van der Waals surface area (Å²) in [7, 11) is 0. The minimum Gasteiger partial charge on any atom is -0.435 e. The zero-order valence-corrected chi connectivity index (χ0v) is 16.0. The van der Waals surface area contributed by atoms with Gasteiger partial charge in [-0.15, -0.1) is 0 Å². The summed E-state index contributed by atoms with van der Waals surface area (Å²) in [4.78, 5) is 9.08. The van der Waals surface area contributed by atoms with Crippen molar-refractivity contribution in [2.45, 2.75) is 6.61 Å². The zero-order chi connectivity index (χ0) is 19.5. The smallest absolute Gasteiger partial charge is 0.387 e. The van der Waals surface area contributed by atoms with Crippen molar-refractivity contribution in [1.29, 1.82) is 0 Å². The van der Waals surface area contributed by atoms with Gasteiger partial charge < -0.3 is 10.1 Å². The van der Waals surface area contributed by atoms with Crippen LogP contribution in [0.4, 0.5) is 20.3 Å². The Bertz CT molecular complexity index is 1120. The van der Waals surface area contributed by atoms with Crippen LogP contribution in [-0.2, 0) is 0 Å². The molecule has 4 aromatic rings. The summed E-state index contributed by atoms with van der Waals surface area (Å²) in [5, 5.41) is 5.07. The van der Waals surface area contributed by atoms with Crippen LogP contribution in [0.3, 0.4) is 0 Å². The van der Waals surface area contributed by atoms with E-state index < -0.39 is 6.61 Å². The first kappa shape index (κ1) is 18.3. The summed E-state index contributed by atoms with van der Waals surface area (Å²) >= 11 is 3.48. The van der Waals surface area contributed by atoms with E-state index in [1.807, 2.05) is 42.5 Å². The van der Waals surface area contributed by atoms with Gasteiger partial charge in [-0.25, -0.2) is 4.98 Å². The van der Waals surface area contributed by atoms with Crippen molar-refractivity contribution in [3.63, 3.8) is 0 Å². The van der Waals surface area contributed by atoms with Crippen LogP contribution >= 0.6 is 15.9 Å². The molecule has 140 valence electrons. The number of hydrogen-bond acceptors (Lipinski definition) is 4. The van der Waals surface area contributed by atoms with Crippen LogP contribution in [0.25, 0.3) is 22.2 Å². The molecule has 0 saturated carbocycles. The van der Waals surface area contributed by atoms with E-state index in [1.165, 1.54) is 12.1 Å². The molecule has 28 heavy (non-hydrogen) atoms.